The molecule has 0 radical (unpaired) electrons. The van der Waals surface area contributed by atoms with E-state index in [1.807, 2.05) is 0 Å². The van der Waals surface area contributed by atoms with E-state index in [2.05, 4.69) is 10.1 Å². The van der Waals surface area contributed by atoms with Crippen LogP contribution in [0.2, 0.25) is 0 Å². The van der Waals surface area contributed by atoms with Gasteiger partial charge in [0, 0.05) is 17.4 Å². The minimum absolute atomic E-state index is 0.0722. The molecular formula is C18H16FN3O4S. The van der Waals surface area contributed by atoms with Crippen LogP contribution in [0.4, 0.5) is 10.1 Å². The molecular weight excluding hydrogens is 373 g/mol. The van der Waals surface area contributed by atoms with Crippen molar-refractivity contribution in [1.29, 1.82) is 0 Å². The Kier molecular flexibility index (Phi) is 5.70. The molecule has 3 aromatic rings. The number of hydrogen-bond acceptors (Lipinski definition) is 7. The third kappa shape index (κ3) is 4.43. The maximum atomic E-state index is 13.7. The fourth-order valence-corrected chi connectivity index (χ4v) is 3.20. The molecule has 7 nitrogen and oxygen atoms in total. The summed E-state index contributed by atoms with van der Waals surface area (Å²) in [4.78, 5) is 14.9. The highest BCUT2D eigenvalue weighted by Gasteiger charge is 2.15. The Bertz CT molecular complexity index is 977. The molecule has 0 atom stereocenters. The van der Waals surface area contributed by atoms with Gasteiger partial charge in [-0.3, -0.25) is 10.1 Å². The van der Waals surface area contributed by atoms with Crippen molar-refractivity contribution in [1.82, 2.24) is 10.1 Å². The predicted molar refractivity (Wildman–Crippen MR) is 99.1 cm³/mol. The smallest absolute Gasteiger partial charge is 0.311 e. The van der Waals surface area contributed by atoms with Gasteiger partial charge in [-0.05, 0) is 30.2 Å². The number of thioether (sulfide) groups is 1. The summed E-state index contributed by atoms with van der Waals surface area (Å²) in [6, 6.07) is 9.59. The van der Waals surface area contributed by atoms with Crippen LogP contribution in [-0.2, 0) is 11.5 Å². The van der Waals surface area contributed by atoms with Crippen LogP contribution in [0.25, 0.3) is 11.4 Å². The molecule has 0 bridgehead atoms. The van der Waals surface area contributed by atoms with Crippen molar-refractivity contribution >= 4 is 17.4 Å². The third-order valence-corrected chi connectivity index (χ3v) is 4.82. The van der Waals surface area contributed by atoms with E-state index < -0.39 is 4.92 Å². The van der Waals surface area contributed by atoms with Crippen molar-refractivity contribution in [3.8, 4) is 17.1 Å². The maximum absolute atomic E-state index is 13.7. The highest BCUT2D eigenvalue weighted by Crippen LogP contribution is 2.29. The summed E-state index contributed by atoms with van der Waals surface area (Å²) in [6.45, 7) is 1.68. The predicted octanol–water partition coefficient (Wildman–Crippen LogP) is 4.53. The number of ether oxygens (including phenoxy) is 1. The monoisotopic (exact) mass is 389 g/mol. The Morgan fingerprint density at radius 3 is 2.78 bits per heavy atom. The summed E-state index contributed by atoms with van der Waals surface area (Å²) in [5.74, 6) is 1.58. The first-order valence-corrected chi connectivity index (χ1v) is 9.11. The van der Waals surface area contributed by atoms with Gasteiger partial charge in [0.2, 0.25) is 11.7 Å². The number of nitrogens with zero attached hydrogens (tertiary/aromatic N) is 3. The molecule has 0 N–H and O–H groups in total. The summed E-state index contributed by atoms with van der Waals surface area (Å²) >= 11 is 1.47. The number of aromatic nitrogens is 2. The summed E-state index contributed by atoms with van der Waals surface area (Å²) < 4.78 is 23.8. The van der Waals surface area contributed by atoms with Crippen LogP contribution in [-0.4, -0.2) is 22.2 Å². The lowest BCUT2D eigenvalue weighted by Gasteiger charge is -2.04. The lowest BCUT2D eigenvalue weighted by Crippen LogP contribution is -1.95. The first-order chi connectivity index (χ1) is 13.0. The number of nitro benzene ring substituents is 1. The number of hydrogen-bond donors (Lipinski definition) is 0. The molecule has 0 spiro atoms. The molecule has 0 saturated heterocycles. The summed E-state index contributed by atoms with van der Waals surface area (Å²) in [7, 11) is 1.39. The molecule has 0 aliphatic heterocycles. The Morgan fingerprint density at radius 1 is 1.26 bits per heavy atom. The van der Waals surface area contributed by atoms with Crippen LogP contribution >= 0.6 is 11.8 Å². The van der Waals surface area contributed by atoms with E-state index in [4.69, 9.17) is 9.26 Å². The van der Waals surface area contributed by atoms with Gasteiger partial charge in [-0.15, -0.1) is 11.8 Å². The maximum Gasteiger partial charge on any atom is 0.311 e. The molecule has 0 aliphatic rings. The van der Waals surface area contributed by atoms with E-state index >= 15 is 0 Å². The number of benzene rings is 2. The third-order valence-electron chi connectivity index (χ3n) is 3.83. The molecule has 1 aromatic heterocycles. The SMILES string of the molecule is COc1ccc(CSCc2nc(-c3ccc(C)c(F)c3)no2)cc1[N+](=O)[O-]. The number of methoxy groups -OCH3 is 1. The molecule has 2 aromatic carbocycles. The van der Waals surface area contributed by atoms with Crippen LogP contribution in [0.1, 0.15) is 17.0 Å². The minimum atomic E-state index is -0.474. The second-order valence-corrected chi connectivity index (χ2v) is 6.72. The minimum Gasteiger partial charge on any atom is -0.490 e. The Balaban J connectivity index is 1.63. The van der Waals surface area contributed by atoms with Crippen molar-refractivity contribution in [3.63, 3.8) is 0 Å². The lowest BCUT2D eigenvalue weighted by atomic mass is 10.1. The fourth-order valence-electron chi connectivity index (χ4n) is 2.39. The Morgan fingerprint density at radius 2 is 2.07 bits per heavy atom. The molecule has 140 valence electrons. The molecule has 0 saturated carbocycles. The molecule has 0 fully saturated rings. The van der Waals surface area contributed by atoms with Gasteiger partial charge >= 0.3 is 5.69 Å². The fraction of sp³-hybridized carbons (Fsp3) is 0.222. The summed E-state index contributed by atoms with van der Waals surface area (Å²) in [6.07, 6.45) is 0. The average molecular weight is 389 g/mol. The number of rotatable bonds is 7. The second kappa shape index (κ2) is 8.17. The lowest BCUT2D eigenvalue weighted by molar-refractivity contribution is -0.385. The van der Waals surface area contributed by atoms with Gasteiger partial charge in [-0.25, -0.2) is 4.39 Å². The van der Waals surface area contributed by atoms with Gasteiger partial charge in [-0.1, -0.05) is 23.4 Å². The molecule has 0 amide bonds. The highest BCUT2D eigenvalue weighted by atomic mass is 32.2. The van der Waals surface area contributed by atoms with Crippen molar-refractivity contribution < 1.29 is 18.6 Å². The van der Waals surface area contributed by atoms with E-state index in [1.165, 1.54) is 31.0 Å². The first-order valence-electron chi connectivity index (χ1n) is 7.96. The topological polar surface area (TPSA) is 91.3 Å². The van der Waals surface area contributed by atoms with E-state index in [0.29, 0.717) is 34.3 Å². The number of aryl methyl sites for hydroxylation is 1. The van der Waals surface area contributed by atoms with Crippen molar-refractivity contribution in [3.05, 3.63) is 69.3 Å². The Hall–Kier alpha value is -2.94. The van der Waals surface area contributed by atoms with E-state index in [1.54, 1.807) is 31.2 Å². The van der Waals surface area contributed by atoms with Crippen LogP contribution in [0.3, 0.4) is 0 Å². The van der Waals surface area contributed by atoms with Crippen molar-refractivity contribution in [2.75, 3.05) is 7.11 Å². The molecule has 0 aliphatic carbocycles. The molecule has 27 heavy (non-hydrogen) atoms. The van der Waals surface area contributed by atoms with E-state index in [9.17, 15) is 14.5 Å². The van der Waals surface area contributed by atoms with E-state index in [0.717, 1.165) is 5.56 Å². The molecule has 9 heteroatoms. The van der Waals surface area contributed by atoms with E-state index in [-0.39, 0.29) is 17.3 Å². The summed E-state index contributed by atoms with van der Waals surface area (Å²) in [5.41, 5.74) is 1.81. The van der Waals surface area contributed by atoms with Crippen LogP contribution in [0, 0.1) is 22.9 Å². The normalized spacial score (nSPS) is 10.8. The van der Waals surface area contributed by atoms with Gasteiger partial charge in [0.05, 0.1) is 17.8 Å². The summed E-state index contributed by atoms with van der Waals surface area (Å²) in [5, 5.41) is 14.9. The van der Waals surface area contributed by atoms with Gasteiger partial charge in [0.1, 0.15) is 5.82 Å². The number of halogens is 1. The largest absolute Gasteiger partial charge is 0.490 e. The second-order valence-electron chi connectivity index (χ2n) is 5.73. The quantitative estimate of drug-likeness (QED) is 0.433. The molecule has 0 unspecified atom stereocenters. The zero-order valence-electron chi connectivity index (χ0n) is 14.6. The van der Waals surface area contributed by atoms with Crippen molar-refractivity contribution in [2.45, 2.75) is 18.4 Å². The van der Waals surface area contributed by atoms with Crippen LogP contribution in [0.5, 0.6) is 5.75 Å². The highest BCUT2D eigenvalue weighted by molar-refractivity contribution is 7.97. The van der Waals surface area contributed by atoms with Crippen LogP contribution < -0.4 is 4.74 Å². The average Bonchev–Trinajstić information content (AvgIpc) is 3.12. The van der Waals surface area contributed by atoms with Crippen molar-refractivity contribution in [2.24, 2.45) is 0 Å². The number of nitro groups is 1. The standard InChI is InChI=1S/C18H16FN3O4S/c1-11-3-5-13(8-14(11)19)18-20-17(26-21-18)10-27-9-12-4-6-16(25-2)15(7-12)22(23)24/h3-8H,9-10H2,1-2H3. The molecule has 1 heterocycles. The first kappa shape index (κ1) is 18.8. The van der Waals surface area contributed by atoms with Gasteiger partial charge in [0.25, 0.3) is 0 Å². The van der Waals surface area contributed by atoms with Gasteiger partial charge in [-0.2, -0.15) is 4.98 Å². The zero-order valence-corrected chi connectivity index (χ0v) is 15.5. The Labute approximate surface area is 158 Å². The van der Waals surface area contributed by atoms with Crippen LogP contribution in [0.15, 0.2) is 40.9 Å². The van der Waals surface area contributed by atoms with Gasteiger partial charge in [0.15, 0.2) is 5.75 Å². The molecule has 3 rings (SSSR count). The van der Waals surface area contributed by atoms with Gasteiger partial charge < -0.3 is 9.26 Å². The zero-order chi connectivity index (χ0) is 19.4.